The van der Waals surface area contributed by atoms with Crippen LogP contribution in [0.4, 0.5) is 0 Å². The van der Waals surface area contributed by atoms with Crippen molar-refractivity contribution in [3.63, 3.8) is 0 Å². The summed E-state index contributed by atoms with van der Waals surface area (Å²) in [5.41, 5.74) is 1.53. The van der Waals surface area contributed by atoms with Gasteiger partial charge in [0.25, 0.3) is 0 Å². The summed E-state index contributed by atoms with van der Waals surface area (Å²) in [5.74, 6) is 1.15. The van der Waals surface area contributed by atoms with Crippen LogP contribution in [0.15, 0.2) is 42.5 Å². The van der Waals surface area contributed by atoms with Crippen LogP contribution < -0.4 is 9.47 Å². The lowest BCUT2D eigenvalue weighted by atomic mass is 10.0. The van der Waals surface area contributed by atoms with Gasteiger partial charge in [0, 0.05) is 12.5 Å². The second-order valence-electron chi connectivity index (χ2n) is 9.31. The molecule has 0 aliphatic rings. The molecule has 0 spiro atoms. The van der Waals surface area contributed by atoms with Crippen LogP contribution in [0.1, 0.15) is 101 Å². The largest absolute Gasteiger partial charge is 0.508 e. The zero-order chi connectivity index (χ0) is 25.1. The van der Waals surface area contributed by atoms with Gasteiger partial charge in [-0.1, -0.05) is 70.6 Å². The minimum Gasteiger partial charge on any atom is -0.508 e. The maximum atomic E-state index is 11.9. The molecule has 2 rings (SSSR count). The highest BCUT2D eigenvalue weighted by molar-refractivity contribution is 5.72. The molecule has 1 N–H and O–H groups in total. The Kier molecular flexibility index (Phi) is 14.1. The predicted octanol–water partition coefficient (Wildman–Crippen LogP) is 8.02. The Morgan fingerprint density at radius 1 is 0.771 bits per heavy atom. The number of rotatable bonds is 18. The number of hydrogen-bond acceptors (Lipinski definition) is 5. The van der Waals surface area contributed by atoms with E-state index in [4.69, 9.17) is 14.7 Å². The van der Waals surface area contributed by atoms with Gasteiger partial charge >= 0.3 is 5.97 Å². The molecule has 0 fully saturated rings. The van der Waals surface area contributed by atoms with Crippen molar-refractivity contribution in [1.29, 1.82) is 5.26 Å². The molecule has 0 aliphatic carbocycles. The molecular formula is C30H41NO4. The summed E-state index contributed by atoms with van der Waals surface area (Å²) in [4.78, 5) is 11.9. The van der Waals surface area contributed by atoms with E-state index < -0.39 is 0 Å². The number of aryl methyl sites for hydroxylation is 1. The van der Waals surface area contributed by atoms with Crippen LogP contribution in [-0.2, 0) is 4.79 Å². The average molecular weight is 480 g/mol. The van der Waals surface area contributed by atoms with Crippen molar-refractivity contribution in [2.75, 3.05) is 6.61 Å². The lowest BCUT2D eigenvalue weighted by Crippen LogP contribution is -2.07. The Morgan fingerprint density at radius 2 is 1.31 bits per heavy atom. The summed E-state index contributed by atoms with van der Waals surface area (Å²) in [5, 5.41) is 18.4. The molecule has 0 radical (unpaired) electrons. The van der Waals surface area contributed by atoms with Crippen LogP contribution in [0.3, 0.4) is 0 Å². The lowest BCUT2D eigenvalue weighted by molar-refractivity contribution is -0.134. The van der Waals surface area contributed by atoms with Crippen LogP contribution >= 0.6 is 0 Å². The van der Waals surface area contributed by atoms with Crippen LogP contribution in [0, 0.1) is 18.3 Å². The van der Waals surface area contributed by atoms with Gasteiger partial charge in [-0.25, -0.2) is 0 Å². The summed E-state index contributed by atoms with van der Waals surface area (Å²) < 4.78 is 11.0. The second-order valence-corrected chi connectivity index (χ2v) is 9.31. The molecule has 5 nitrogen and oxygen atoms in total. The molecule has 0 aliphatic heterocycles. The van der Waals surface area contributed by atoms with Crippen molar-refractivity contribution in [1.82, 2.24) is 0 Å². The molecular weight excluding hydrogens is 438 g/mol. The number of hydrogen-bond donors (Lipinski definition) is 1. The number of carbonyl (C=O) groups excluding carboxylic acids is 1. The Morgan fingerprint density at radius 3 is 1.86 bits per heavy atom. The van der Waals surface area contributed by atoms with Crippen molar-refractivity contribution in [2.45, 2.75) is 96.8 Å². The minimum absolute atomic E-state index is 0.121. The fourth-order valence-corrected chi connectivity index (χ4v) is 4.10. The molecule has 0 heterocycles. The molecule has 190 valence electrons. The number of aromatic hydroxyl groups is 1. The lowest BCUT2D eigenvalue weighted by Gasteiger charge is -2.06. The van der Waals surface area contributed by atoms with Crippen LogP contribution in [0.25, 0.3) is 0 Å². The molecule has 0 atom stereocenters. The number of carbonyl (C=O) groups is 1. The van der Waals surface area contributed by atoms with Gasteiger partial charge in [0.15, 0.2) is 0 Å². The molecule has 35 heavy (non-hydrogen) atoms. The number of nitrogens with zero attached hydrogens (tertiary/aromatic N) is 1. The van der Waals surface area contributed by atoms with Gasteiger partial charge in [0.05, 0.1) is 18.2 Å². The average Bonchev–Trinajstić information content (AvgIpc) is 2.83. The Balaban J connectivity index is 1.31. The van der Waals surface area contributed by atoms with Gasteiger partial charge in [-0.15, -0.1) is 0 Å². The molecule has 0 saturated heterocycles. The summed E-state index contributed by atoms with van der Waals surface area (Å²) in [6.45, 7) is 2.60. The van der Waals surface area contributed by atoms with Crippen molar-refractivity contribution >= 4 is 5.97 Å². The van der Waals surface area contributed by atoms with Gasteiger partial charge in [-0.05, 0) is 61.7 Å². The smallest absolute Gasteiger partial charge is 0.311 e. The molecule has 0 bridgehead atoms. The molecule has 0 aromatic heterocycles. The third-order valence-electron chi connectivity index (χ3n) is 6.04. The van der Waals surface area contributed by atoms with E-state index in [-0.39, 0.29) is 11.7 Å². The van der Waals surface area contributed by atoms with Crippen molar-refractivity contribution in [3.05, 3.63) is 53.6 Å². The number of nitriles is 1. The Labute approximate surface area is 211 Å². The molecule has 5 heteroatoms. The van der Waals surface area contributed by atoms with E-state index in [1.165, 1.54) is 70.3 Å². The first-order valence-corrected chi connectivity index (χ1v) is 13.2. The summed E-state index contributed by atoms with van der Waals surface area (Å²) >= 11 is 0. The number of phenolic OH excluding ortho intramolecular Hbond substituents is 1. The zero-order valence-electron chi connectivity index (χ0n) is 21.3. The van der Waals surface area contributed by atoms with Gasteiger partial charge in [-0.3, -0.25) is 4.79 Å². The predicted molar refractivity (Wildman–Crippen MR) is 140 cm³/mol. The van der Waals surface area contributed by atoms with Gasteiger partial charge in [0.1, 0.15) is 17.2 Å². The van der Waals surface area contributed by atoms with Crippen LogP contribution in [0.2, 0.25) is 0 Å². The zero-order valence-corrected chi connectivity index (χ0v) is 21.3. The van der Waals surface area contributed by atoms with Gasteiger partial charge in [-0.2, -0.15) is 5.26 Å². The van der Waals surface area contributed by atoms with Crippen molar-refractivity contribution < 1.29 is 19.4 Å². The third-order valence-corrected chi connectivity index (χ3v) is 6.04. The van der Waals surface area contributed by atoms with E-state index in [1.807, 2.05) is 19.1 Å². The fraction of sp³-hybridized carbons (Fsp3) is 0.533. The fourth-order valence-electron chi connectivity index (χ4n) is 4.10. The van der Waals surface area contributed by atoms with Crippen LogP contribution in [0.5, 0.6) is 17.2 Å². The van der Waals surface area contributed by atoms with E-state index >= 15 is 0 Å². The summed E-state index contributed by atoms with van der Waals surface area (Å²) in [7, 11) is 0. The van der Waals surface area contributed by atoms with E-state index in [0.29, 0.717) is 17.7 Å². The van der Waals surface area contributed by atoms with Gasteiger partial charge < -0.3 is 14.6 Å². The Hall–Kier alpha value is -3.00. The quantitative estimate of drug-likeness (QED) is 0.133. The summed E-state index contributed by atoms with van der Waals surface area (Å²) in [6.07, 6.45) is 16.1. The third kappa shape index (κ3) is 13.5. The number of phenols is 1. The number of benzene rings is 2. The van der Waals surface area contributed by atoms with Gasteiger partial charge in [0.2, 0.25) is 0 Å². The standard InChI is InChI=1S/C30H41NO4/c1-25-21-27(32)23-29(22-25)35-30(33)15-13-11-9-7-5-3-2-4-6-8-10-12-14-20-34-28-18-16-26(24-31)17-19-28/h16-19,21-23,32H,2-15,20H2,1H3. The highest BCUT2D eigenvalue weighted by atomic mass is 16.5. The topological polar surface area (TPSA) is 79.6 Å². The minimum atomic E-state index is -0.228. The molecule has 0 saturated carbocycles. The first-order chi connectivity index (χ1) is 17.1. The maximum Gasteiger partial charge on any atom is 0.311 e. The van der Waals surface area contributed by atoms with E-state index in [1.54, 1.807) is 24.3 Å². The molecule has 0 unspecified atom stereocenters. The number of ether oxygens (including phenoxy) is 2. The number of unbranched alkanes of at least 4 members (excludes halogenated alkanes) is 12. The molecule has 2 aromatic carbocycles. The number of esters is 1. The van der Waals surface area contributed by atoms with E-state index in [9.17, 15) is 9.90 Å². The van der Waals surface area contributed by atoms with E-state index in [2.05, 4.69) is 6.07 Å². The second kappa shape index (κ2) is 17.4. The van der Waals surface area contributed by atoms with Crippen molar-refractivity contribution in [2.24, 2.45) is 0 Å². The normalized spacial score (nSPS) is 10.6. The highest BCUT2D eigenvalue weighted by Crippen LogP contribution is 2.22. The van der Waals surface area contributed by atoms with Crippen molar-refractivity contribution in [3.8, 4) is 23.3 Å². The SMILES string of the molecule is Cc1cc(O)cc(OC(=O)CCCCCCCCCCCCCCCOc2ccc(C#N)cc2)c1. The monoisotopic (exact) mass is 479 g/mol. The van der Waals surface area contributed by atoms with E-state index in [0.717, 1.165) is 37.2 Å². The first kappa shape index (κ1) is 28.2. The highest BCUT2D eigenvalue weighted by Gasteiger charge is 2.06. The molecule has 0 amide bonds. The maximum absolute atomic E-state index is 11.9. The Bertz CT molecular complexity index is 881. The molecule has 2 aromatic rings. The first-order valence-electron chi connectivity index (χ1n) is 13.2. The summed E-state index contributed by atoms with van der Waals surface area (Å²) in [6, 6.07) is 14.3. The van der Waals surface area contributed by atoms with Crippen LogP contribution in [-0.4, -0.2) is 17.7 Å².